The van der Waals surface area contributed by atoms with Crippen molar-refractivity contribution in [3.63, 3.8) is 0 Å². The van der Waals surface area contributed by atoms with E-state index in [-0.39, 0.29) is 17.9 Å². The van der Waals surface area contributed by atoms with Gasteiger partial charge in [0.15, 0.2) is 0 Å². The maximum Gasteiger partial charge on any atom is 0.328 e. The highest BCUT2D eigenvalue weighted by atomic mass is 16.5. The summed E-state index contributed by atoms with van der Waals surface area (Å²) in [6.45, 7) is 5.15. The van der Waals surface area contributed by atoms with Crippen molar-refractivity contribution < 1.29 is 24.2 Å². The van der Waals surface area contributed by atoms with Crippen LogP contribution in [0.5, 0.6) is 0 Å². The van der Waals surface area contributed by atoms with Crippen molar-refractivity contribution in [2.24, 2.45) is 11.8 Å². The van der Waals surface area contributed by atoms with Crippen molar-refractivity contribution >= 4 is 18.0 Å². The summed E-state index contributed by atoms with van der Waals surface area (Å²) < 4.78 is 5.00. The summed E-state index contributed by atoms with van der Waals surface area (Å²) in [6, 6.07) is -0.673. The van der Waals surface area contributed by atoms with Crippen molar-refractivity contribution in [3.05, 3.63) is 0 Å². The van der Waals surface area contributed by atoms with Crippen LogP contribution < -0.4 is 0 Å². The molecule has 2 amide bonds. The van der Waals surface area contributed by atoms with Crippen molar-refractivity contribution in [2.45, 2.75) is 32.7 Å². The fourth-order valence-corrected chi connectivity index (χ4v) is 2.85. The number of rotatable bonds is 4. The summed E-state index contributed by atoms with van der Waals surface area (Å²) in [4.78, 5) is 38.3. The molecule has 2 rings (SSSR count). The fourth-order valence-electron chi connectivity index (χ4n) is 2.85. The Kier molecular flexibility index (Phi) is 4.69. The number of likely N-dealkylation sites (tertiary alicyclic amines) is 2. The van der Waals surface area contributed by atoms with E-state index in [9.17, 15) is 14.4 Å². The van der Waals surface area contributed by atoms with Gasteiger partial charge in [-0.15, -0.1) is 0 Å². The van der Waals surface area contributed by atoms with E-state index in [0.29, 0.717) is 32.7 Å². The number of hydrogen-bond acceptors (Lipinski definition) is 4. The van der Waals surface area contributed by atoms with Gasteiger partial charge in [-0.25, -0.2) is 9.59 Å². The lowest BCUT2D eigenvalue weighted by Crippen LogP contribution is -2.58. The molecule has 0 bridgehead atoms. The fraction of sp³-hybridized carbons (Fsp3) is 0.786. The van der Waals surface area contributed by atoms with E-state index in [1.54, 1.807) is 23.6 Å². The highest BCUT2D eigenvalue weighted by Crippen LogP contribution is 2.28. The molecular formula is C14H22N2O5. The van der Waals surface area contributed by atoms with Crippen LogP contribution in [0.15, 0.2) is 0 Å². The second-order valence-electron chi connectivity index (χ2n) is 5.68. The molecular weight excluding hydrogens is 276 g/mol. The predicted molar refractivity (Wildman–Crippen MR) is 73.6 cm³/mol. The molecule has 0 saturated carbocycles. The first-order valence-electron chi connectivity index (χ1n) is 7.40. The first kappa shape index (κ1) is 15.6. The molecule has 118 valence electrons. The minimum atomic E-state index is -0.835. The van der Waals surface area contributed by atoms with Crippen molar-refractivity contribution in [1.82, 2.24) is 9.80 Å². The minimum Gasteiger partial charge on any atom is -0.481 e. The van der Waals surface area contributed by atoms with Crippen LogP contribution in [0, 0.1) is 11.8 Å². The summed E-state index contributed by atoms with van der Waals surface area (Å²) in [5.41, 5.74) is 0. The third kappa shape index (κ3) is 3.11. The van der Waals surface area contributed by atoms with Crippen LogP contribution in [-0.2, 0) is 14.3 Å². The lowest BCUT2D eigenvalue weighted by Gasteiger charge is -2.43. The van der Waals surface area contributed by atoms with Gasteiger partial charge in [0.25, 0.3) is 0 Å². The molecule has 0 spiro atoms. The zero-order chi connectivity index (χ0) is 15.6. The zero-order valence-corrected chi connectivity index (χ0v) is 12.4. The third-order valence-electron chi connectivity index (χ3n) is 4.33. The molecule has 2 aliphatic heterocycles. The van der Waals surface area contributed by atoms with Gasteiger partial charge in [-0.2, -0.15) is 0 Å². The molecule has 0 radical (unpaired) electrons. The predicted octanol–water partition coefficient (Wildman–Crippen LogP) is 0.786. The smallest absolute Gasteiger partial charge is 0.328 e. The van der Waals surface area contributed by atoms with E-state index in [4.69, 9.17) is 9.84 Å². The number of esters is 1. The lowest BCUT2D eigenvalue weighted by molar-refractivity contribution is -0.147. The molecule has 0 aromatic heterocycles. The molecule has 1 N–H and O–H groups in total. The summed E-state index contributed by atoms with van der Waals surface area (Å²) in [5, 5.41) is 8.95. The van der Waals surface area contributed by atoms with Crippen LogP contribution in [0.2, 0.25) is 0 Å². The summed E-state index contributed by atoms with van der Waals surface area (Å²) >= 11 is 0. The van der Waals surface area contributed by atoms with Gasteiger partial charge in [-0.3, -0.25) is 4.79 Å². The molecule has 2 saturated heterocycles. The van der Waals surface area contributed by atoms with Crippen LogP contribution in [0.1, 0.15) is 26.7 Å². The molecule has 2 unspecified atom stereocenters. The molecule has 2 atom stereocenters. The van der Waals surface area contributed by atoms with E-state index in [1.807, 2.05) is 0 Å². The summed E-state index contributed by atoms with van der Waals surface area (Å²) in [5.74, 6) is -1.64. The number of urea groups is 1. The van der Waals surface area contributed by atoms with Gasteiger partial charge in [-0.05, 0) is 19.8 Å². The van der Waals surface area contributed by atoms with Gasteiger partial charge in [0.2, 0.25) is 0 Å². The van der Waals surface area contributed by atoms with E-state index in [1.165, 1.54) is 0 Å². The molecule has 2 aliphatic rings. The van der Waals surface area contributed by atoms with Gasteiger partial charge < -0.3 is 19.6 Å². The molecule has 2 fully saturated rings. The molecule has 2 heterocycles. The number of amides is 2. The normalized spacial score (nSPS) is 23.6. The minimum absolute atomic E-state index is 0.00454. The number of nitrogens with zero attached hydrogens (tertiary/aromatic N) is 2. The number of aliphatic carboxylic acids is 1. The molecule has 0 aromatic rings. The maximum atomic E-state index is 12.4. The highest BCUT2D eigenvalue weighted by Gasteiger charge is 2.43. The Morgan fingerprint density at radius 1 is 1.33 bits per heavy atom. The van der Waals surface area contributed by atoms with Crippen LogP contribution in [0.4, 0.5) is 4.79 Å². The van der Waals surface area contributed by atoms with Gasteiger partial charge in [0, 0.05) is 25.6 Å². The van der Waals surface area contributed by atoms with Crippen LogP contribution >= 0.6 is 0 Å². The molecule has 0 aliphatic carbocycles. The molecule has 0 aromatic carbocycles. The van der Waals surface area contributed by atoms with E-state index >= 15 is 0 Å². The Morgan fingerprint density at radius 2 is 2.00 bits per heavy atom. The quantitative estimate of drug-likeness (QED) is 0.775. The van der Waals surface area contributed by atoms with Gasteiger partial charge in [0.05, 0.1) is 12.5 Å². The van der Waals surface area contributed by atoms with E-state index in [0.717, 1.165) is 6.42 Å². The molecule has 7 nitrogen and oxygen atoms in total. The van der Waals surface area contributed by atoms with Crippen LogP contribution in [0.3, 0.4) is 0 Å². The lowest BCUT2D eigenvalue weighted by atomic mass is 9.87. The third-order valence-corrected chi connectivity index (χ3v) is 4.33. The second kappa shape index (κ2) is 6.32. The first-order valence-corrected chi connectivity index (χ1v) is 7.40. The number of carbonyl (C=O) groups excluding carboxylic acids is 2. The van der Waals surface area contributed by atoms with E-state index in [2.05, 4.69) is 0 Å². The number of carbonyl (C=O) groups is 3. The molecule has 21 heavy (non-hydrogen) atoms. The number of carboxylic acid groups (broad SMARTS) is 1. The number of ether oxygens (including phenoxy) is 1. The van der Waals surface area contributed by atoms with Crippen molar-refractivity contribution in [2.75, 3.05) is 26.2 Å². The first-order chi connectivity index (χ1) is 9.95. The van der Waals surface area contributed by atoms with Crippen LogP contribution in [0.25, 0.3) is 0 Å². The maximum absolute atomic E-state index is 12.4. The number of hydrogen-bond donors (Lipinski definition) is 1. The Labute approximate surface area is 123 Å². The standard InChI is InChI=1S/C14H22N2O5/c1-3-21-13(19)11-5-4-6-16(11)14(20)15-7-10(8-15)9(2)12(17)18/h9-11H,3-8H2,1-2H3,(H,17,18). The van der Waals surface area contributed by atoms with E-state index < -0.39 is 17.9 Å². The Balaban J connectivity index is 1.89. The van der Waals surface area contributed by atoms with Crippen molar-refractivity contribution in [1.29, 1.82) is 0 Å². The Morgan fingerprint density at radius 3 is 2.57 bits per heavy atom. The summed E-state index contributed by atoms with van der Waals surface area (Å²) in [6.07, 6.45) is 1.42. The molecule has 7 heteroatoms. The topological polar surface area (TPSA) is 87.2 Å². The second-order valence-corrected chi connectivity index (χ2v) is 5.68. The summed E-state index contributed by atoms with van der Waals surface area (Å²) in [7, 11) is 0. The monoisotopic (exact) mass is 298 g/mol. The Hall–Kier alpha value is -1.79. The van der Waals surface area contributed by atoms with Gasteiger partial charge in [-0.1, -0.05) is 6.92 Å². The van der Waals surface area contributed by atoms with Gasteiger partial charge in [0.1, 0.15) is 6.04 Å². The zero-order valence-electron chi connectivity index (χ0n) is 12.4. The average molecular weight is 298 g/mol. The SMILES string of the molecule is CCOC(=O)C1CCCN1C(=O)N1CC(C(C)C(=O)O)C1. The number of carboxylic acids is 1. The Bertz CT molecular complexity index is 433. The van der Waals surface area contributed by atoms with Gasteiger partial charge >= 0.3 is 18.0 Å². The highest BCUT2D eigenvalue weighted by molar-refractivity contribution is 5.85. The van der Waals surface area contributed by atoms with Crippen molar-refractivity contribution in [3.8, 4) is 0 Å². The average Bonchev–Trinajstić information content (AvgIpc) is 2.85. The largest absolute Gasteiger partial charge is 0.481 e. The van der Waals surface area contributed by atoms with Crippen LogP contribution in [-0.4, -0.2) is 65.2 Å².